The van der Waals surface area contributed by atoms with Crippen LogP contribution in [0.3, 0.4) is 0 Å². The van der Waals surface area contributed by atoms with Crippen LogP contribution < -0.4 is 9.47 Å². The van der Waals surface area contributed by atoms with Gasteiger partial charge in [-0.05, 0) is 49.3 Å². The van der Waals surface area contributed by atoms with Crippen molar-refractivity contribution in [2.24, 2.45) is 16.2 Å². The van der Waals surface area contributed by atoms with Crippen LogP contribution >= 0.6 is 0 Å². The molecular formula is C29H38O7. The standard InChI is InChI=1S/C29H38O7/c1-27(2,3)26(34)36-21-10-9-16(11-22(21)35-8)23(24-17(30)12-28(4,5)13-18(24)31)25-19(32)14-29(6,7)15-20(25)33/h9-11,23,30,32H,12-15H2,1-8H3. The van der Waals surface area contributed by atoms with Crippen molar-refractivity contribution >= 4 is 17.5 Å². The van der Waals surface area contributed by atoms with Crippen LogP contribution in [0.15, 0.2) is 40.9 Å². The number of ketones is 2. The average molecular weight is 499 g/mol. The molecule has 0 saturated carbocycles. The molecule has 0 fully saturated rings. The highest BCUT2D eigenvalue weighted by atomic mass is 16.6. The maximum atomic E-state index is 13.4. The quantitative estimate of drug-likeness (QED) is 0.371. The first-order valence-electron chi connectivity index (χ1n) is 12.3. The molecule has 1 aromatic carbocycles. The number of benzene rings is 1. The zero-order chi connectivity index (χ0) is 27.2. The first-order valence-corrected chi connectivity index (χ1v) is 12.3. The summed E-state index contributed by atoms with van der Waals surface area (Å²) in [4.78, 5) is 39.2. The fraction of sp³-hybridized carbons (Fsp3) is 0.552. The number of methoxy groups -OCH3 is 1. The number of hydrogen-bond donors (Lipinski definition) is 2. The van der Waals surface area contributed by atoms with Gasteiger partial charge in [0.15, 0.2) is 23.1 Å². The number of Topliss-reactive ketones (excluding diaryl/α,β-unsaturated/α-hetero) is 2. The Bertz CT molecular complexity index is 1110. The second-order valence-electron chi connectivity index (χ2n) is 12.6. The monoisotopic (exact) mass is 498 g/mol. The van der Waals surface area contributed by atoms with E-state index >= 15 is 0 Å². The van der Waals surface area contributed by atoms with E-state index in [4.69, 9.17) is 9.47 Å². The first kappa shape index (κ1) is 27.5. The van der Waals surface area contributed by atoms with Crippen molar-refractivity contribution < 1.29 is 34.1 Å². The minimum atomic E-state index is -0.974. The van der Waals surface area contributed by atoms with Crippen molar-refractivity contribution in [1.82, 2.24) is 0 Å². The molecular weight excluding hydrogens is 460 g/mol. The summed E-state index contributed by atoms with van der Waals surface area (Å²) < 4.78 is 11.0. The van der Waals surface area contributed by atoms with Gasteiger partial charge in [0, 0.05) is 42.7 Å². The predicted octanol–water partition coefficient (Wildman–Crippen LogP) is 6.13. The smallest absolute Gasteiger partial charge is 0.316 e. The number of esters is 1. The molecule has 0 saturated heterocycles. The largest absolute Gasteiger partial charge is 0.512 e. The minimum absolute atomic E-state index is 0.0820. The molecule has 0 bridgehead atoms. The number of aliphatic hydroxyl groups excluding tert-OH is 2. The topological polar surface area (TPSA) is 110 Å². The SMILES string of the molecule is COc1cc(C(C2=C(O)CC(C)(C)CC2=O)C2=C(O)CC(C)(C)CC2=O)ccc1OC(=O)C(C)(C)C. The number of carbonyl (C=O) groups is 3. The fourth-order valence-corrected chi connectivity index (χ4v) is 4.94. The van der Waals surface area contributed by atoms with Crippen LogP contribution in [-0.2, 0) is 14.4 Å². The Balaban J connectivity index is 2.21. The van der Waals surface area contributed by atoms with Gasteiger partial charge in [-0.15, -0.1) is 0 Å². The molecule has 0 amide bonds. The third-order valence-electron chi connectivity index (χ3n) is 6.71. The van der Waals surface area contributed by atoms with Gasteiger partial charge in [-0.2, -0.15) is 0 Å². The van der Waals surface area contributed by atoms with Crippen LogP contribution in [0, 0.1) is 16.2 Å². The van der Waals surface area contributed by atoms with E-state index in [0.717, 1.165) is 0 Å². The Morgan fingerprint density at radius 3 is 1.72 bits per heavy atom. The van der Waals surface area contributed by atoms with Crippen molar-refractivity contribution in [3.8, 4) is 11.5 Å². The highest BCUT2D eigenvalue weighted by molar-refractivity contribution is 6.05. The molecule has 7 nitrogen and oxygen atoms in total. The average Bonchev–Trinajstić information content (AvgIpc) is 2.69. The van der Waals surface area contributed by atoms with E-state index in [9.17, 15) is 24.6 Å². The molecule has 0 aliphatic heterocycles. The van der Waals surface area contributed by atoms with E-state index in [1.165, 1.54) is 7.11 Å². The van der Waals surface area contributed by atoms with Crippen LogP contribution in [0.4, 0.5) is 0 Å². The minimum Gasteiger partial charge on any atom is -0.512 e. The van der Waals surface area contributed by atoms with Gasteiger partial charge in [0.1, 0.15) is 11.5 Å². The number of hydrogen-bond acceptors (Lipinski definition) is 7. The summed E-state index contributed by atoms with van der Waals surface area (Å²) in [5.74, 6) is -1.69. The van der Waals surface area contributed by atoms with E-state index in [2.05, 4.69) is 0 Å². The molecule has 0 unspecified atom stereocenters. The van der Waals surface area contributed by atoms with Gasteiger partial charge in [0.05, 0.1) is 12.5 Å². The summed E-state index contributed by atoms with van der Waals surface area (Å²) in [7, 11) is 1.43. The molecule has 2 N–H and O–H groups in total. The highest BCUT2D eigenvalue weighted by Crippen LogP contribution is 2.48. The number of aliphatic hydroxyl groups is 2. The van der Waals surface area contributed by atoms with Crippen LogP contribution in [-0.4, -0.2) is 34.9 Å². The van der Waals surface area contributed by atoms with Crippen molar-refractivity contribution in [2.75, 3.05) is 7.11 Å². The molecule has 2 aliphatic rings. The highest BCUT2D eigenvalue weighted by Gasteiger charge is 2.44. The normalized spacial score (nSPS) is 20.1. The molecule has 3 rings (SSSR count). The molecule has 196 valence electrons. The van der Waals surface area contributed by atoms with Crippen molar-refractivity contribution in [1.29, 1.82) is 0 Å². The molecule has 7 heteroatoms. The van der Waals surface area contributed by atoms with Crippen LogP contribution in [0.1, 0.15) is 85.6 Å². The van der Waals surface area contributed by atoms with Crippen LogP contribution in [0.25, 0.3) is 0 Å². The molecule has 0 heterocycles. The van der Waals surface area contributed by atoms with E-state index in [-0.39, 0.29) is 71.4 Å². The molecule has 0 spiro atoms. The third-order valence-corrected chi connectivity index (χ3v) is 6.71. The zero-order valence-electron chi connectivity index (χ0n) is 22.6. The second-order valence-corrected chi connectivity index (χ2v) is 12.6. The predicted molar refractivity (Wildman–Crippen MR) is 136 cm³/mol. The van der Waals surface area contributed by atoms with Crippen molar-refractivity contribution in [3.05, 3.63) is 46.4 Å². The van der Waals surface area contributed by atoms with Gasteiger partial charge in [-0.3, -0.25) is 14.4 Å². The lowest BCUT2D eigenvalue weighted by atomic mass is 9.67. The van der Waals surface area contributed by atoms with Crippen molar-refractivity contribution in [3.63, 3.8) is 0 Å². The van der Waals surface area contributed by atoms with E-state index in [1.54, 1.807) is 39.0 Å². The van der Waals surface area contributed by atoms with E-state index in [0.29, 0.717) is 5.56 Å². The van der Waals surface area contributed by atoms with Gasteiger partial charge < -0.3 is 19.7 Å². The Morgan fingerprint density at radius 2 is 1.33 bits per heavy atom. The first-order chi connectivity index (χ1) is 16.5. The number of carbonyl (C=O) groups excluding carboxylic acids is 3. The second kappa shape index (κ2) is 9.41. The van der Waals surface area contributed by atoms with Gasteiger partial charge in [-0.25, -0.2) is 0 Å². The summed E-state index contributed by atoms with van der Waals surface area (Å²) >= 11 is 0. The number of rotatable bonds is 5. The van der Waals surface area contributed by atoms with Crippen LogP contribution in [0.5, 0.6) is 11.5 Å². The molecule has 0 radical (unpaired) electrons. The maximum Gasteiger partial charge on any atom is 0.316 e. The molecule has 1 aromatic rings. The third kappa shape index (κ3) is 5.66. The van der Waals surface area contributed by atoms with Gasteiger partial charge in [-0.1, -0.05) is 33.8 Å². The molecule has 0 atom stereocenters. The Labute approximate surface area is 213 Å². The summed E-state index contributed by atoms with van der Waals surface area (Å²) in [6.07, 6.45) is 0.956. The Kier molecular flexibility index (Phi) is 7.19. The number of allylic oxidation sites excluding steroid dienone is 4. The van der Waals surface area contributed by atoms with E-state index < -0.39 is 28.1 Å². The summed E-state index contributed by atoms with van der Waals surface area (Å²) in [6, 6.07) is 4.78. The summed E-state index contributed by atoms with van der Waals surface area (Å²) in [5, 5.41) is 22.1. The van der Waals surface area contributed by atoms with Gasteiger partial charge >= 0.3 is 5.97 Å². The van der Waals surface area contributed by atoms with Gasteiger partial charge in [0.2, 0.25) is 0 Å². The summed E-state index contributed by atoms with van der Waals surface area (Å²) in [5.41, 5.74) is -0.871. The lowest BCUT2D eigenvalue weighted by Gasteiger charge is -2.36. The Hall–Kier alpha value is -3.09. The zero-order valence-corrected chi connectivity index (χ0v) is 22.6. The lowest BCUT2D eigenvalue weighted by molar-refractivity contribution is -0.143. The molecule has 0 aromatic heterocycles. The number of ether oxygens (including phenoxy) is 2. The Morgan fingerprint density at radius 1 is 0.861 bits per heavy atom. The lowest BCUT2D eigenvalue weighted by Crippen LogP contribution is -2.33. The summed E-state index contributed by atoms with van der Waals surface area (Å²) in [6.45, 7) is 12.8. The van der Waals surface area contributed by atoms with E-state index in [1.807, 2.05) is 27.7 Å². The fourth-order valence-electron chi connectivity index (χ4n) is 4.94. The molecule has 36 heavy (non-hydrogen) atoms. The maximum absolute atomic E-state index is 13.4. The van der Waals surface area contributed by atoms with Crippen LogP contribution in [0.2, 0.25) is 0 Å². The van der Waals surface area contributed by atoms with Crippen molar-refractivity contribution in [2.45, 2.75) is 80.1 Å². The van der Waals surface area contributed by atoms with Gasteiger partial charge in [0.25, 0.3) is 0 Å². The molecule has 2 aliphatic carbocycles.